The van der Waals surface area contributed by atoms with Gasteiger partial charge in [-0.25, -0.2) is 0 Å². The Hall–Kier alpha value is -1.35. The Kier molecular flexibility index (Phi) is 4.06. The zero-order chi connectivity index (χ0) is 13.9. The number of carbonyl (C=O) groups is 1. The third-order valence-electron chi connectivity index (χ3n) is 4.38. The first-order chi connectivity index (χ1) is 9.72. The molecule has 1 aromatic rings. The van der Waals surface area contributed by atoms with Crippen LogP contribution in [-0.2, 0) is 17.6 Å². The van der Waals surface area contributed by atoms with Crippen molar-refractivity contribution in [2.24, 2.45) is 0 Å². The molecule has 0 spiro atoms. The Morgan fingerprint density at radius 3 is 2.75 bits per heavy atom. The van der Waals surface area contributed by atoms with E-state index in [2.05, 4.69) is 35.8 Å². The Bertz CT molecular complexity index is 494. The average Bonchev–Trinajstić information content (AvgIpc) is 3.28. The fourth-order valence-electron chi connectivity index (χ4n) is 2.89. The quantitative estimate of drug-likeness (QED) is 0.864. The van der Waals surface area contributed by atoms with E-state index in [4.69, 9.17) is 0 Å². The van der Waals surface area contributed by atoms with Crippen LogP contribution in [0.2, 0.25) is 0 Å². The lowest BCUT2D eigenvalue weighted by Crippen LogP contribution is -2.36. The van der Waals surface area contributed by atoms with Gasteiger partial charge in [0.1, 0.15) is 0 Å². The molecule has 1 amide bonds. The van der Waals surface area contributed by atoms with E-state index in [0.29, 0.717) is 12.6 Å². The van der Waals surface area contributed by atoms with Crippen LogP contribution in [0.15, 0.2) is 18.2 Å². The molecular formula is C17H24N2O. The fraction of sp³-hybridized carbons (Fsp3) is 0.588. The second-order valence-corrected chi connectivity index (χ2v) is 6.18. The molecule has 108 valence electrons. The summed E-state index contributed by atoms with van der Waals surface area (Å²) in [6, 6.07) is 7.48. The molecule has 0 aliphatic heterocycles. The monoisotopic (exact) mass is 272 g/mol. The predicted octanol–water partition coefficient (Wildman–Crippen LogP) is 2.49. The number of carbonyl (C=O) groups excluding carboxylic acids is 1. The van der Waals surface area contributed by atoms with E-state index < -0.39 is 0 Å². The number of hydrogen-bond donors (Lipinski definition) is 2. The lowest BCUT2D eigenvalue weighted by Gasteiger charge is -2.20. The Balaban J connectivity index is 1.55. The van der Waals surface area contributed by atoms with Gasteiger partial charge < -0.3 is 10.6 Å². The van der Waals surface area contributed by atoms with Crippen LogP contribution in [0.5, 0.6) is 0 Å². The van der Waals surface area contributed by atoms with Crippen molar-refractivity contribution in [3.8, 4) is 0 Å². The first-order valence-electron chi connectivity index (χ1n) is 7.87. The van der Waals surface area contributed by atoms with Gasteiger partial charge in [-0.15, -0.1) is 0 Å². The summed E-state index contributed by atoms with van der Waals surface area (Å²) >= 11 is 0. The summed E-state index contributed by atoms with van der Waals surface area (Å²) in [4.78, 5) is 11.7. The van der Waals surface area contributed by atoms with Gasteiger partial charge in [-0.2, -0.15) is 0 Å². The molecule has 3 rings (SSSR count). The molecule has 2 N–H and O–H groups in total. The second-order valence-electron chi connectivity index (χ2n) is 6.18. The van der Waals surface area contributed by atoms with Crippen LogP contribution in [0.3, 0.4) is 0 Å². The molecule has 1 aromatic carbocycles. The van der Waals surface area contributed by atoms with Gasteiger partial charge in [-0.05, 0) is 62.1 Å². The minimum Gasteiger partial charge on any atom is -0.352 e. The van der Waals surface area contributed by atoms with Crippen LogP contribution >= 0.6 is 0 Å². The minimum absolute atomic E-state index is 0.123. The summed E-state index contributed by atoms with van der Waals surface area (Å²) < 4.78 is 0. The highest BCUT2D eigenvalue weighted by Crippen LogP contribution is 2.24. The van der Waals surface area contributed by atoms with Crippen LogP contribution in [-0.4, -0.2) is 18.5 Å². The van der Waals surface area contributed by atoms with Crippen molar-refractivity contribution in [3.63, 3.8) is 0 Å². The highest BCUT2D eigenvalue weighted by Gasteiger charge is 2.23. The standard InChI is InChI=1S/C17H24N2O/c1-12(18-11-17(20)19-16-8-9-16)14-7-6-13-4-2-3-5-15(13)10-14/h6-7,10,12,16,18H,2-5,8-9,11H2,1H3,(H,19,20). The largest absolute Gasteiger partial charge is 0.352 e. The summed E-state index contributed by atoms with van der Waals surface area (Å²) in [6.45, 7) is 2.55. The van der Waals surface area contributed by atoms with Gasteiger partial charge in [0, 0.05) is 12.1 Å². The van der Waals surface area contributed by atoms with Crippen LogP contribution in [0, 0.1) is 0 Å². The third-order valence-corrected chi connectivity index (χ3v) is 4.38. The van der Waals surface area contributed by atoms with Crippen molar-refractivity contribution in [1.29, 1.82) is 0 Å². The molecule has 1 unspecified atom stereocenters. The summed E-state index contributed by atoms with van der Waals surface area (Å²) in [7, 11) is 0. The number of nitrogens with one attached hydrogen (secondary N) is 2. The van der Waals surface area contributed by atoms with Crippen molar-refractivity contribution in [3.05, 3.63) is 34.9 Å². The van der Waals surface area contributed by atoms with E-state index in [1.54, 1.807) is 0 Å². The molecule has 0 aromatic heterocycles. The molecule has 1 saturated carbocycles. The highest BCUT2D eigenvalue weighted by molar-refractivity contribution is 5.78. The van der Waals surface area contributed by atoms with E-state index in [0.717, 1.165) is 12.8 Å². The van der Waals surface area contributed by atoms with E-state index in [-0.39, 0.29) is 11.9 Å². The minimum atomic E-state index is 0.123. The highest BCUT2D eigenvalue weighted by atomic mass is 16.2. The Morgan fingerprint density at radius 1 is 1.25 bits per heavy atom. The average molecular weight is 272 g/mol. The molecule has 3 nitrogen and oxygen atoms in total. The van der Waals surface area contributed by atoms with E-state index in [9.17, 15) is 4.79 Å². The first kappa shape index (κ1) is 13.6. The maximum absolute atomic E-state index is 11.7. The van der Waals surface area contributed by atoms with Gasteiger partial charge in [-0.3, -0.25) is 4.79 Å². The molecule has 0 bridgehead atoms. The van der Waals surface area contributed by atoms with Crippen molar-refractivity contribution in [1.82, 2.24) is 10.6 Å². The third kappa shape index (κ3) is 3.40. The molecule has 2 aliphatic carbocycles. The molecule has 0 heterocycles. The Labute approximate surface area is 121 Å². The molecule has 0 saturated heterocycles. The van der Waals surface area contributed by atoms with Crippen LogP contribution in [0.4, 0.5) is 0 Å². The maximum atomic E-state index is 11.7. The SMILES string of the molecule is CC(NCC(=O)NC1CC1)c1ccc2c(c1)CCCC2. The molecule has 1 atom stereocenters. The molecule has 2 aliphatic rings. The number of fused-ring (bicyclic) bond motifs is 1. The zero-order valence-electron chi connectivity index (χ0n) is 12.2. The molecule has 0 radical (unpaired) electrons. The topological polar surface area (TPSA) is 41.1 Å². The predicted molar refractivity (Wildman–Crippen MR) is 80.7 cm³/mol. The van der Waals surface area contributed by atoms with Crippen LogP contribution < -0.4 is 10.6 Å². The van der Waals surface area contributed by atoms with Crippen molar-refractivity contribution < 1.29 is 4.79 Å². The van der Waals surface area contributed by atoms with Crippen molar-refractivity contribution >= 4 is 5.91 Å². The number of aryl methyl sites for hydroxylation is 2. The summed E-state index contributed by atoms with van der Waals surface area (Å²) in [5.74, 6) is 0.123. The molecular weight excluding hydrogens is 248 g/mol. The fourth-order valence-corrected chi connectivity index (χ4v) is 2.89. The van der Waals surface area contributed by atoms with Gasteiger partial charge in [-0.1, -0.05) is 18.2 Å². The number of amides is 1. The normalized spacial score (nSPS) is 19.2. The van der Waals surface area contributed by atoms with Crippen molar-refractivity contribution in [2.45, 2.75) is 57.5 Å². The zero-order valence-corrected chi connectivity index (χ0v) is 12.2. The lowest BCUT2D eigenvalue weighted by atomic mass is 9.89. The molecule has 20 heavy (non-hydrogen) atoms. The van der Waals surface area contributed by atoms with E-state index in [1.807, 2.05) is 0 Å². The van der Waals surface area contributed by atoms with Gasteiger partial charge >= 0.3 is 0 Å². The van der Waals surface area contributed by atoms with Gasteiger partial charge in [0.05, 0.1) is 6.54 Å². The van der Waals surface area contributed by atoms with Crippen LogP contribution in [0.1, 0.15) is 55.3 Å². The second kappa shape index (κ2) is 5.96. The molecule has 1 fully saturated rings. The smallest absolute Gasteiger partial charge is 0.234 e. The maximum Gasteiger partial charge on any atom is 0.234 e. The summed E-state index contributed by atoms with van der Waals surface area (Å²) in [5.41, 5.74) is 4.31. The first-order valence-corrected chi connectivity index (χ1v) is 7.87. The molecule has 3 heteroatoms. The van der Waals surface area contributed by atoms with Crippen molar-refractivity contribution in [2.75, 3.05) is 6.54 Å². The summed E-state index contributed by atoms with van der Waals surface area (Å²) in [5, 5.41) is 6.34. The van der Waals surface area contributed by atoms with Gasteiger partial charge in [0.2, 0.25) is 5.91 Å². The Morgan fingerprint density at radius 2 is 2.00 bits per heavy atom. The van der Waals surface area contributed by atoms with Gasteiger partial charge in [0.15, 0.2) is 0 Å². The lowest BCUT2D eigenvalue weighted by molar-refractivity contribution is -0.120. The summed E-state index contributed by atoms with van der Waals surface area (Å²) in [6.07, 6.45) is 7.35. The number of hydrogen-bond acceptors (Lipinski definition) is 2. The number of rotatable bonds is 5. The van der Waals surface area contributed by atoms with Crippen LogP contribution in [0.25, 0.3) is 0 Å². The van der Waals surface area contributed by atoms with E-state index in [1.165, 1.54) is 42.4 Å². The van der Waals surface area contributed by atoms with E-state index >= 15 is 0 Å². The number of benzene rings is 1. The van der Waals surface area contributed by atoms with Gasteiger partial charge in [0.25, 0.3) is 0 Å².